The van der Waals surface area contributed by atoms with Crippen LogP contribution in [0.25, 0.3) is 0 Å². The fourth-order valence-electron chi connectivity index (χ4n) is 7.74. The van der Waals surface area contributed by atoms with Crippen molar-refractivity contribution in [2.75, 3.05) is 5.75 Å². The van der Waals surface area contributed by atoms with Crippen LogP contribution < -0.4 is 0 Å². The third-order valence-corrected chi connectivity index (χ3v) is 10.6. The van der Waals surface area contributed by atoms with E-state index in [0.717, 1.165) is 36.5 Å². The van der Waals surface area contributed by atoms with E-state index >= 15 is 0 Å². The predicted octanol–water partition coefficient (Wildman–Crippen LogP) is 6.72. The summed E-state index contributed by atoms with van der Waals surface area (Å²) >= 11 is 2.08. The Morgan fingerprint density at radius 1 is 1.00 bits per heavy atom. The van der Waals surface area contributed by atoms with E-state index in [1.165, 1.54) is 49.2 Å². The number of hydrogen-bond acceptors (Lipinski definition) is 2. The zero-order chi connectivity index (χ0) is 19.4. The molecule has 7 atom stereocenters. The van der Waals surface area contributed by atoms with Crippen LogP contribution in [-0.4, -0.2) is 17.0 Å². The molecule has 1 N–H and O–H groups in total. The van der Waals surface area contributed by atoms with Gasteiger partial charge in [-0.3, -0.25) is 0 Å². The molecule has 0 saturated heterocycles. The fourth-order valence-corrected chi connectivity index (χ4v) is 9.03. The summed E-state index contributed by atoms with van der Waals surface area (Å²) < 4.78 is 0. The van der Waals surface area contributed by atoms with Gasteiger partial charge < -0.3 is 5.11 Å². The zero-order valence-electron chi connectivity index (χ0n) is 17.6. The third-order valence-electron chi connectivity index (χ3n) is 9.47. The number of thioether (sulfide) groups is 1. The molecule has 4 aliphatic rings. The molecule has 0 heterocycles. The number of hydrogen-bond donors (Lipinski definition) is 1. The second kappa shape index (κ2) is 7.20. The lowest BCUT2D eigenvalue weighted by molar-refractivity contribution is -0.0468. The Morgan fingerprint density at radius 3 is 2.64 bits per heavy atom. The average Bonchev–Trinajstić information content (AvgIpc) is 3.04. The molecule has 0 aromatic heterocycles. The maximum Gasteiger partial charge on any atom is 0.0577 e. The van der Waals surface area contributed by atoms with Crippen molar-refractivity contribution in [1.29, 1.82) is 0 Å². The van der Waals surface area contributed by atoms with Crippen LogP contribution >= 0.6 is 11.8 Å². The summed E-state index contributed by atoms with van der Waals surface area (Å²) in [6, 6.07) is 11.0. The third kappa shape index (κ3) is 3.01. The van der Waals surface area contributed by atoms with Gasteiger partial charge in [0.2, 0.25) is 0 Å². The molecule has 0 unspecified atom stereocenters. The molecule has 28 heavy (non-hydrogen) atoms. The minimum absolute atomic E-state index is 0.0874. The monoisotopic (exact) mass is 396 g/mol. The molecular formula is C26H36OS. The van der Waals surface area contributed by atoms with Crippen molar-refractivity contribution in [1.82, 2.24) is 0 Å². The van der Waals surface area contributed by atoms with Gasteiger partial charge in [0.25, 0.3) is 0 Å². The topological polar surface area (TPSA) is 20.2 Å². The fraction of sp³-hybridized carbons (Fsp3) is 0.692. The van der Waals surface area contributed by atoms with E-state index < -0.39 is 0 Å². The average molecular weight is 397 g/mol. The van der Waals surface area contributed by atoms with E-state index in [1.54, 1.807) is 5.57 Å². The van der Waals surface area contributed by atoms with Gasteiger partial charge in [-0.15, -0.1) is 11.8 Å². The van der Waals surface area contributed by atoms with Crippen LogP contribution in [0.2, 0.25) is 0 Å². The van der Waals surface area contributed by atoms with Gasteiger partial charge in [-0.05, 0) is 98.0 Å². The van der Waals surface area contributed by atoms with E-state index in [0.29, 0.717) is 10.8 Å². The number of aliphatic hydroxyl groups excluding tert-OH is 1. The summed E-state index contributed by atoms with van der Waals surface area (Å²) in [7, 11) is 0. The molecule has 1 aromatic carbocycles. The first kappa shape index (κ1) is 19.2. The van der Waals surface area contributed by atoms with E-state index in [2.05, 4.69) is 62.0 Å². The Morgan fingerprint density at radius 2 is 1.82 bits per heavy atom. The van der Waals surface area contributed by atoms with Crippen LogP contribution in [0.4, 0.5) is 0 Å². The van der Waals surface area contributed by atoms with Crippen molar-refractivity contribution in [3.05, 3.63) is 42.0 Å². The Bertz CT molecular complexity index is 742. The summed E-state index contributed by atoms with van der Waals surface area (Å²) in [5.41, 5.74) is 2.52. The van der Waals surface area contributed by atoms with Crippen molar-refractivity contribution in [2.24, 2.45) is 34.5 Å². The first-order chi connectivity index (χ1) is 13.5. The van der Waals surface area contributed by atoms with Crippen LogP contribution in [0.3, 0.4) is 0 Å². The van der Waals surface area contributed by atoms with Gasteiger partial charge in [0, 0.05) is 10.6 Å². The molecule has 0 amide bonds. The number of fused-ring (bicyclic) bond motifs is 5. The Labute approximate surface area is 175 Å². The molecular weight excluding hydrogens is 360 g/mol. The summed E-state index contributed by atoms with van der Waals surface area (Å²) in [5.74, 6) is 4.82. The highest BCUT2D eigenvalue weighted by Crippen LogP contribution is 2.66. The minimum atomic E-state index is -0.0874. The number of aliphatic hydroxyl groups is 1. The summed E-state index contributed by atoms with van der Waals surface area (Å²) in [6.07, 6.45) is 12.6. The maximum absolute atomic E-state index is 10.2. The van der Waals surface area contributed by atoms with E-state index in [-0.39, 0.29) is 6.10 Å². The van der Waals surface area contributed by atoms with Crippen LogP contribution in [0.15, 0.2) is 46.9 Å². The molecule has 2 heteroatoms. The molecule has 1 aromatic rings. The summed E-state index contributed by atoms with van der Waals surface area (Å²) in [4.78, 5) is 1.43. The van der Waals surface area contributed by atoms with Gasteiger partial charge >= 0.3 is 0 Å². The van der Waals surface area contributed by atoms with Gasteiger partial charge in [0.05, 0.1) is 6.10 Å². The SMILES string of the molecule is C[C@]12CC[C@H]3[C@@H](CC=C4C[C@@H](O)CC[C@@]43C)[C@@H]1CC[C@@H]2CSc1ccccc1. The minimum Gasteiger partial charge on any atom is -0.393 e. The standard InChI is InChI=1S/C26H36OS/c1-25-14-12-20(27)16-18(25)8-10-22-23-11-9-19(26(23,2)15-13-24(22)25)17-28-21-6-4-3-5-7-21/h3-8,19-20,22-24,27H,9-17H2,1-2H3/t19-,20+,22+,23+,24+,25+,26-/m1/s1. The van der Waals surface area contributed by atoms with Gasteiger partial charge in [-0.25, -0.2) is 0 Å². The van der Waals surface area contributed by atoms with E-state index in [9.17, 15) is 5.11 Å². The smallest absolute Gasteiger partial charge is 0.0577 e. The van der Waals surface area contributed by atoms with Crippen LogP contribution in [-0.2, 0) is 0 Å². The Balaban J connectivity index is 1.34. The molecule has 0 spiro atoms. The lowest BCUT2D eigenvalue weighted by Crippen LogP contribution is -2.50. The van der Waals surface area contributed by atoms with Crippen molar-refractivity contribution in [2.45, 2.75) is 76.2 Å². The van der Waals surface area contributed by atoms with Crippen molar-refractivity contribution >= 4 is 11.8 Å². The van der Waals surface area contributed by atoms with Crippen LogP contribution in [0.5, 0.6) is 0 Å². The molecule has 3 saturated carbocycles. The second-order valence-corrected chi connectivity index (χ2v) is 11.7. The normalized spacial score (nSPS) is 45.0. The molecule has 0 bridgehead atoms. The Kier molecular flexibility index (Phi) is 4.95. The molecule has 5 rings (SSSR count). The quantitative estimate of drug-likeness (QED) is 0.452. The zero-order valence-corrected chi connectivity index (χ0v) is 18.4. The van der Waals surface area contributed by atoms with Gasteiger partial charge in [0.1, 0.15) is 0 Å². The van der Waals surface area contributed by atoms with Gasteiger partial charge in [-0.1, -0.05) is 43.7 Å². The second-order valence-electron chi connectivity index (χ2n) is 10.6. The first-order valence-corrected chi connectivity index (χ1v) is 12.5. The van der Waals surface area contributed by atoms with E-state index in [1.807, 2.05) is 0 Å². The molecule has 152 valence electrons. The molecule has 0 radical (unpaired) electrons. The molecule has 3 fully saturated rings. The first-order valence-electron chi connectivity index (χ1n) is 11.6. The van der Waals surface area contributed by atoms with Crippen LogP contribution in [0, 0.1) is 34.5 Å². The highest BCUT2D eigenvalue weighted by Gasteiger charge is 2.58. The number of benzene rings is 1. The summed E-state index contributed by atoms with van der Waals surface area (Å²) in [5, 5.41) is 10.2. The van der Waals surface area contributed by atoms with E-state index in [4.69, 9.17) is 0 Å². The van der Waals surface area contributed by atoms with Gasteiger partial charge in [0.15, 0.2) is 0 Å². The lowest BCUT2D eigenvalue weighted by atomic mass is 9.47. The molecule has 4 aliphatic carbocycles. The summed E-state index contributed by atoms with van der Waals surface area (Å²) in [6.45, 7) is 5.19. The Hall–Kier alpha value is -0.730. The molecule has 0 aliphatic heterocycles. The van der Waals surface area contributed by atoms with Crippen molar-refractivity contribution in [3.63, 3.8) is 0 Å². The van der Waals surface area contributed by atoms with Crippen LogP contribution in [0.1, 0.15) is 65.2 Å². The van der Waals surface area contributed by atoms with Gasteiger partial charge in [-0.2, -0.15) is 0 Å². The van der Waals surface area contributed by atoms with Crippen molar-refractivity contribution < 1.29 is 5.11 Å². The number of rotatable bonds is 3. The highest BCUT2D eigenvalue weighted by molar-refractivity contribution is 7.99. The predicted molar refractivity (Wildman–Crippen MR) is 118 cm³/mol. The largest absolute Gasteiger partial charge is 0.393 e. The molecule has 1 nitrogen and oxygen atoms in total. The maximum atomic E-state index is 10.2. The number of allylic oxidation sites excluding steroid dienone is 1. The van der Waals surface area contributed by atoms with Crippen molar-refractivity contribution in [3.8, 4) is 0 Å². The highest BCUT2D eigenvalue weighted by atomic mass is 32.2. The lowest BCUT2D eigenvalue weighted by Gasteiger charge is -2.58.